The molecule has 1 aromatic heterocycles. The fourth-order valence-electron chi connectivity index (χ4n) is 2.67. The number of benzene rings is 2. The van der Waals surface area contributed by atoms with Crippen molar-refractivity contribution < 1.29 is 22.7 Å². The van der Waals surface area contributed by atoms with Crippen molar-refractivity contribution in [1.29, 1.82) is 0 Å². The van der Waals surface area contributed by atoms with E-state index >= 15 is 0 Å². The van der Waals surface area contributed by atoms with Gasteiger partial charge in [-0.25, -0.2) is 0 Å². The average molecular weight is 465 g/mol. The van der Waals surface area contributed by atoms with Crippen molar-refractivity contribution in [2.24, 2.45) is 0 Å². The molecule has 0 aliphatic carbocycles. The zero-order valence-electron chi connectivity index (χ0n) is 16.2. The van der Waals surface area contributed by atoms with Crippen molar-refractivity contribution in [2.45, 2.75) is 19.5 Å². The van der Waals surface area contributed by atoms with Gasteiger partial charge in [0.05, 0.1) is 29.2 Å². The van der Waals surface area contributed by atoms with Gasteiger partial charge in [-0.3, -0.25) is 9.69 Å². The lowest BCUT2D eigenvalue weighted by molar-refractivity contribution is -0.137. The number of carbonyl (C=O) groups is 1. The number of amides is 1. The molecule has 4 nitrogen and oxygen atoms in total. The quantitative estimate of drug-likeness (QED) is 0.412. The predicted octanol–water partition coefficient (Wildman–Crippen LogP) is 6.12. The Hall–Kier alpha value is -3.02. The number of carbonyl (C=O) groups excluding carboxylic acids is 1. The van der Waals surface area contributed by atoms with Crippen LogP contribution in [0.2, 0.25) is 5.02 Å². The summed E-state index contributed by atoms with van der Waals surface area (Å²) in [5, 5.41) is 0.901. The zero-order valence-corrected chi connectivity index (χ0v) is 17.8. The summed E-state index contributed by atoms with van der Waals surface area (Å²) in [6, 6.07) is 11.1. The number of terminal acetylenes is 1. The molecule has 0 N–H and O–H groups in total. The second-order valence-corrected chi connectivity index (χ2v) is 7.65. The lowest BCUT2D eigenvalue weighted by Crippen LogP contribution is -2.32. The monoisotopic (exact) mass is 464 g/mol. The number of hydrogen-bond donors (Lipinski definition) is 0. The van der Waals surface area contributed by atoms with Crippen molar-refractivity contribution in [1.82, 2.24) is 4.37 Å². The van der Waals surface area contributed by atoms with Gasteiger partial charge in [-0.15, -0.1) is 6.42 Å². The number of anilines is 1. The molecule has 160 valence electrons. The number of alkyl halides is 3. The van der Waals surface area contributed by atoms with E-state index in [-0.39, 0.29) is 24.6 Å². The van der Waals surface area contributed by atoms with Crippen LogP contribution in [0.4, 0.5) is 18.2 Å². The number of halogens is 4. The van der Waals surface area contributed by atoms with Crippen molar-refractivity contribution in [3.05, 3.63) is 70.4 Å². The topological polar surface area (TPSA) is 42.4 Å². The van der Waals surface area contributed by atoms with Crippen molar-refractivity contribution in [3.8, 4) is 23.8 Å². The first-order chi connectivity index (χ1) is 14.7. The van der Waals surface area contributed by atoms with Gasteiger partial charge < -0.3 is 4.74 Å². The van der Waals surface area contributed by atoms with E-state index in [0.717, 1.165) is 23.7 Å². The fourth-order valence-corrected chi connectivity index (χ4v) is 3.78. The zero-order chi connectivity index (χ0) is 22.6. The van der Waals surface area contributed by atoms with Crippen molar-refractivity contribution in [3.63, 3.8) is 0 Å². The second kappa shape index (κ2) is 9.41. The van der Waals surface area contributed by atoms with Crippen LogP contribution >= 0.6 is 23.1 Å². The molecule has 0 saturated carbocycles. The number of aromatic nitrogens is 1. The van der Waals surface area contributed by atoms with Gasteiger partial charge >= 0.3 is 6.18 Å². The van der Waals surface area contributed by atoms with Crippen LogP contribution in [0.25, 0.3) is 0 Å². The Morgan fingerprint density at radius 2 is 1.74 bits per heavy atom. The number of nitrogens with zero attached hydrogens (tertiary/aromatic N) is 2. The molecule has 0 radical (unpaired) electrons. The molecule has 1 heterocycles. The maximum Gasteiger partial charge on any atom is 0.416 e. The third-order valence-corrected chi connectivity index (χ3v) is 5.79. The standard InChI is InChI=1S/C22H16ClF3N2O2S/c1-3-12-28(21-20(23)14(2)27-31-21)19(29)13-15-4-8-17(9-5-15)30-18-10-6-16(7-11-18)22(24,25)26/h1,4-11H,12-13H2,2H3. The van der Waals surface area contributed by atoms with Crippen LogP contribution < -0.4 is 9.64 Å². The van der Waals surface area contributed by atoms with Gasteiger partial charge in [-0.05, 0) is 60.4 Å². The smallest absolute Gasteiger partial charge is 0.416 e. The van der Waals surface area contributed by atoms with Crippen molar-refractivity contribution >= 4 is 34.0 Å². The first-order valence-electron chi connectivity index (χ1n) is 8.98. The maximum absolute atomic E-state index is 12.8. The number of ether oxygens (including phenoxy) is 1. The summed E-state index contributed by atoms with van der Waals surface area (Å²) in [6.07, 6.45) is 1.08. The summed E-state index contributed by atoms with van der Waals surface area (Å²) in [7, 11) is 0. The SMILES string of the molecule is C#CCN(C(=O)Cc1ccc(Oc2ccc(C(F)(F)F)cc2)cc1)c1snc(C)c1Cl. The normalized spacial score (nSPS) is 11.1. The Bertz CT molecular complexity index is 1100. The highest BCUT2D eigenvalue weighted by Crippen LogP contribution is 2.34. The second-order valence-electron chi connectivity index (χ2n) is 6.52. The molecule has 0 saturated heterocycles. The lowest BCUT2D eigenvalue weighted by atomic mass is 10.1. The van der Waals surface area contributed by atoms with Crippen LogP contribution in [0.15, 0.2) is 48.5 Å². The first kappa shape index (κ1) is 22.7. The van der Waals surface area contributed by atoms with Gasteiger partial charge in [-0.2, -0.15) is 17.5 Å². The summed E-state index contributed by atoms with van der Waals surface area (Å²) in [5.74, 6) is 2.92. The van der Waals surface area contributed by atoms with Crippen LogP contribution in [-0.4, -0.2) is 16.8 Å². The molecule has 1 amide bonds. The largest absolute Gasteiger partial charge is 0.457 e. The molecule has 0 aliphatic heterocycles. The molecule has 0 atom stereocenters. The molecule has 31 heavy (non-hydrogen) atoms. The predicted molar refractivity (Wildman–Crippen MR) is 115 cm³/mol. The minimum absolute atomic E-state index is 0.0648. The summed E-state index contributed by atoms with van der Waals surface area (Å²) >= 11 is 7.33. The summed E-state index contributed by atoms with van der Waals surface area (Å²) in [5.41, 5.74) is 0.590. The summed E-state index contributed by atoms with van der Waals surface area (Å²) in [4.78, 5) is 14.2. The summed E-state index contributed by atoms with van der Waals surface area (Å²) < 4.78 is 47.6. The molecule has 0 spiro atoms. The molecule has 2 aromatic carbocycles. The minimum atomic E-state index is -4.40. The average Bonchev–Trinajstić information content (AvgIpc) is 3.05. The Balaban J connectivity index is 1.67. The highest BCUT2D eigenvalue weighted by atomic mass is 35.5. The number of hydrogen-bond acceptors (Lipinski definition) is 4. The van der Waals surface area contributed by atoms with Gasteiger partial charge in [0, 0.05) is 0 Å². The van der Waals surface area contributed by atoms with E-state index in [1.165, 1.54) is 17.0 Å². The molecule has 0 unspecified atom stereocenters. The van der Waals surface area contributed by atoms with Gasteiger partial charge in [0.25, 0.3) is 0 Å². The Kier molecular flexibility index (Phi) is 6.88. The van der Waals surface area contributed by atoms with Gasteiger partial charge in [0.1, 0.15) is 16.5 Å². The molecule has 9 heteroatoms. The van der Waals surface area contributed by atoms with E-state index in [1.807, 2.05) is 0 Å². The first-order valence-corrected chi connectivity index (χ1v) is 10.1. The highest BCUT2D eigenvalue weighted by Gasteiger charge is 2.30. The molecule has 0 bridgehead atoms. The minimum Gasteiger partial charge on any atom is -0.457 e. The number of rotatable bonds is 6. The van der Waals surface area contributed by atoms with Crippen LogP contribution in [0.3, 0.4) is 0 Å². The molecule has 0 aliphatic rings. The van der Waals surface area contributed by atoms with E-state index in [2.05, 4.69) is 10.3 Å². The Labute approximate surface area is 186 Å². The third kappa shape index (κ3) is 5.57. The number of aryl methyl sites for hydroxylation is 1. The Morgan fingerprint density at radius 1 is 1.16 bits per heavy atom. The molecular formula is C22H16ClF3N2O2S. The van der Waals surface area contributed by atoms with E-state index < -0.39 is 11.7 Å². The third-order valence-electron chi connectivity index (χ3n) is 4.27. The highest BCUT2D eigenvalue weighted by molar-refractivity contribution is 7.11. The molecule has 3 aromatic rings. The van der Waals surface area contributed by atoms with E-state index in [9.17, 15) is 18.0 Å². The summed E-state index contributed by atoms with van der Waals surface area (Å²) in [6.45, 7) is 1.81. The van der Waals surface area contributed by atoms with Crippen LogP contribution in [0.5, 0.6) is 11.5 Å². The van der Waals surface area contributed by atoms with Crippen LogP contribution in [-0.2, 0) is 17.4 Å². The van der Waals surface area contributed by atoms with Gasteiger partial charge in [0.15, 0.2) is 0 Å². The van der Waals surface area contributed by atoms with Crippen molar-refractivity contribution in [2.75, 3.05) is 11.4 Å². The van der Waals surface area contributed by atoms with Gasteiger partial charge in [-0.1, -0.05) is 29.7 Å². The van der Waals surface area contributed by atoms with E-state index in [4.69, 9.17) is 22.8 Å². The molecule has 0 fully saturated rings. The van der Waals surface area contributed by atoms with Gasteiger partial charge in [0.2, 0.25) is 5.91 Å². The maximum atomic E-state index is 12.8. The Morgan fingerprint density at radius 3 is 2.23 bits per heavy atom. The fraction of sp³-hybridized carbons (Fsp3) is 0.182. The van der Waals surface area contributed by atoms with Crippen LogP contribution in [0, 0.1) is 19.3 Å². The van der Waals surface area contributed by atoms with E-state index in [1.54, 1.807) is 31.2 Å². The molecular weight excluding hydrogens is 449 g/mol. The van der Waals surface area contributed by atoms with Crippen LogP contribution in [0.1, 0.15) is 16.8 Å². The lowest BCUT2D eigenvalue weighted by Gasteiger charge is -2.18. The van der Waals surface area contributed by atoms with E-state index in [0.29, 0.717) is 27.0 Å². The molecule has 3 rings (SSSR count).